The fourth-order valence-electron chi connectivity index (χ4n) is 2.73. The summed E-state index contributed by atoms with van der Waals surface area (Å²) in [7, 11) is 0. The van der Waals surface area contributed by atoms with E-state index in [2.05, 4.69) is 59.8 Å². The molecule has 2 rings (SSSR count). The maximum Gasteiger partial charge on any atom is 0.0425 e. The zero-order chi connectivity index (χ0) is 13.3. The van der Waals surface area contributed by atoms with Gasteiger partial charge in [0.05, 0.1) is 0 Å². The van der Waals surface area contributed by atoms with E-state index in [1.807, 2.05) is 0 Å². The van der Waals surface area contributed by atoms with Gasteiger partial charge in [-0.3, -0.25) is 0 Å². The van der Waals surface area contributed by atoms with Crippen molar-refractivity contribution in [3.8, 4) is 0 Å². The van der Waals surface area contributed by atoms with Crippen LogP contribution >= 0.6 is 15.9 Å². The monoisotopic (exact) mass is 310 g/mol. The molecular formula is C15H23BrN2. The van der Waals surface area contributed by atoms with Gasteiger partial charge in [-0.05, 0) is 42.9 Å². The molecule has 3 heteroatoms. The summed E-state index contributed by atoms with van der Waals surface area (Å²) in [5.74, 6) is 1.57. The SMILES string of the molecule is CC(N)c1ccc(Br)cc1N1CCC(C(C)C)C1. The number of nitrogens with two attached hydrogens (primary N) is 1. The zero-order valence-corrected chi connectivity index (χ0v) is 13.1. The minimum absolute atomic E-state index is 0.0891. The minimum Gasteiger partial charge on any atom is -0.371 e. The maximum atomic E-state index is 6.08. The van der Waals surface area contributed by atoms with Gasteiger partial charge in [0.25, 0.3) is 0 Å². The largest absolute Gasteiger partial charge is 0.371 e. The average molecular weight is 311 g/mol. The Morgan fingerprint density at radius 1 is 1.33 bits per heavy atom. The number of anilines is 1. The molecule has 100 valence electrons. The van der Waals surface area contributed by atoms with Crippen molar-refractivity contribution in [2.45, 2.75) is 33.2 Å². The Labute approximate surface area is 119 Å². The lowest BCUT2D eigenvalue weighted by Gasteiger charge is -2.24. The smallest absolute Gasteiger partial charge is 0.0425 e. The van der Waals surface area contributed by atoms with Crippen molar-refractivity contribution < 1.29 is 0 Å². The molecular weight excluding hydrogens is 288 g/mol. The van der Waals surface area contributed by atoms with Crippen LogP contribution < -0.4 is 10.6 Å². The first kappa shape index (κ1) is 13.9. The molecule has 0 bridgehead atoms. The molecule has 1 saturated heterocycles. The fraction of sp³-hybridized carbons (Fsp3) is 0.600. The van der Waals surface area contributed by atoms with Crippen molar-refractivity contribution in [2.75, 3.05) is 18.0 Å². The van der Waals surface area contributed by atoms with E-state index in [1.165, 1.54) is 17.7 Å². The second kappa shape index (κ2) is 5.62. The van der Waals surface area contributed by atoms with Crippen LogP contribution in [0.1, 0.15) is 38.8 Å². The van der Waals surface area contributed by atoms with E-state index in [0.717, 1.165) is 29.4 Å². The molecule has 2 atom stereocenters. The molecule has 0 aromatic heterocycles. The molecule has 0 saturated carbocycles. The normalized spacial score (nSPS) is 21.7. The molecule has 1 aromatic carbocycles. The third kappa shape index (κ3) is 2.89. The lowest BCUT2D eigenvalue weighted by Crippen LogP contribution is -2.23. The van der Waals surface area contributed by atoms with E-state index in [-0.39, 0.29) is 6.04 Å². The highest BCUT2D eigenvalue weighted by Crippen LogP contribution is 2.34. The van der Waals surface area contributed by atoms with Crippen LogP contribution in [0.25, 0.3) is 0 Å². The van der Waals surface area contributed by atoms with Crippen molar-refractivity contribution in [1.82, 2.24) is 0 Å². The number of nitrogens with zero attached hydrogens (tertiary/aromatic N) is 1. The molecule has 2 unspecified atom stereocenters. The van der Waals surface area contributed by atoms with Crippen molar-refractivity contribution in [2.24, 2.45) is 17.6 Å². The van der Waals surface area contributed by atoms with Crippen LogP contribution in [-0.4, -0.2) is 13.1 Å². The van der Waals surface area contributed by atoms with E-state index in [1.54, 1.807) is 0 Å². The first-order chi connectivity index (χ1) is 8.49. The fourth-order valence-corrected chi connectivity index (χ4v) is 3.07. The van der Waals surface area contributed by atoms with Crippen LogP contribution in [-0.2, 0) is 0 Å². The predicted molar refractivity (Wildman–Crippen MR) is 81.9 cm³/mol. The van der Waals surface area contributed by atoms with E-state index in [0.29, 0.717) is 0 Å². The molecule has 18 heavy (non-hydrogen) atoms. The van der Waals surface area contributed by atoms with Gasteiger partial charge >= 0.3 is 0 Å². The number of halogens is 1. The van der Waals surface area contributed by atoms with Crippen LogP contribution in [0.2, 0.25) is 0 Å². The Hall–Kier alpha value is -0.540. The Morgan fingerprint density at radius 3 is 2.61 bits per heavy atom. The van der Waals surface area contributed by atoms with Gasteiger partial charge in [0.2, 0.25) is 0 Å². The van der Waals surface area contributed by atoms with Crippen LogP contribution in [0.4, 0.5) is 5.69 Å². The summed E-state index contributed by atoms with van der Waals surface area (Å²) in [4.78, 5) is 2.49. The minimum atomic E-state index is 0.0891. The van der Waals surface area contributed by atoms with Gasteiger partial charge in [-0.15, -0.1) is 0 Å². The van der Waals surface area contributed by atoms with Gasteiger partial charge in [-0.25, -0.2) is 0 Å². The number of hydrogen-bond donors (Lipinski definition) is 1. The molecule has 0 spiro atoms. The Kier molecular flexibility index (Phi) is 4.33. The summed E-state index contributed by atoms with van der Waals surface area (Å²) in [6.45, 7) is 9.01. The highest BCUT2D eigenvalue weighted by molar-refractivity contribution is 9.10. The standard InChI is InChI=1S/C15H23BrN2/c1-10(2)12-6-7-18(9-12)15-8-13(16)4-5-14(15)11(3)17/h4-5,8,10-12H,6-7,9,17H2,1-3H3. The molecule has 1 aliphatic rings. The van der Waals surface area contributed by atoms with Gasteiger partial charge in [-0.1, -0.05) is 35.8 Å². The zero-order valence-electron chi connectivity index (χ0n) is 11.5. The first-order valence-corrected chi connectivity index (χ1v) is 7.58. The molecule has 2 N–H and O–H groups in total. The van der Waals surface area contributed by atoms with Crippen LogP contribution in [0.5, 0.6) is 0 Å². The average Bonchev–Trinajstić information content (AvgIpc) is 2.77. The topological polar surface area (TPSA) is 29.3 Å². The Balaban J connectivity index is 2.25. The highest BCUT2D eigenvalue weighted by atomic mass is 79.9. The first-order valence-electron chi connectivity index (χ1n) is 6.79. The van der Waals surface area contributed by atoms with E-state index in [9.17, 15) is 0 Å². The van der Waals surface area contributed by atoms with E-state index < -0.39 is 0 Å². The summed E-state index contributed by atoms with van der Waals surface area (Å²) < 4.78 is 1.13. The van der Waals surface area contributed by atoms with E-state index >= 15 is 0 Å². The summed E-state index contributed by atoms with van der Waals surface area (Å²) in [5, 5.41) is 0. The third-order valence-corrected chi connectivity index (χ3v) is 4.48. The third-order valence-electron chi connectivity index (χ3n) is 3.99. The van der Waals surface area contributed by atoms with Crippen LogP contribution in [0.3, 0.4) is 0 Å². The lowest BCUT2D eigenvalue weighted by atomic mass is 9.95. The lowest BCUT2D eigenvalue weighted by molar-refractivity contribution is 0.422. The summed E-state index contributed by atoms with van der Waals surface area (Å²) in [5.41, 5.74) is 8.64. The van der Waals surface area contributed by atoms with Crippen molar-refractivity contribution in [3.63, 3.8) is 0 Å². The highest BCUT2D eigenvalue weighted by Gasteiger charge is 2.26. The molecule has 0 aliphatic carbocycles. The van der Waals surface area contributed by atoms with Crippen molar-refractivity contribution in [3.05, 3.63) is 28.2 Å². The molecule has 2 nitrogen and oxygen atoms in total. The molecule has 1 aliphatic heterocycles. The summed E-state index contributed by atoms with van der Waals surface area (Å²) >= 11 is 3.57. The van der Waals surface area contributed by atoms with E-state index in [4.69, 9.17) is 5.73 Å². The quantitative estimate of drug-likeness (QED) is 0.916. The van der Waals surface area contributed by atoms with Gasteiger partial charge in [-0.2, -0.15) is 0 Å². The summed E-state index contributed by atoms with van der Waals surface area (Å²) in [6, 6.07) is 6.53. The number of benzene rings is 1. The second-order valence-electron chi connectivity index (χ2n) is 5.73. The van der Waals surface area contributed by atoms with Crippen molar-refractivity contribution >= 4 is 21.6 Å². The maximum absolute atomic E-state index is 6.08. The Morgan fingerprint density at radius 2 is 2.06 bits per heavy atom. The summed E-state index contributed by atoms with van der Waals surface area (Å²) in [6.07, 6.45) is 1.29. The molecule has 1 heterocycles. The molecule has 0 amide bonds. The van der Waals surface area contributed by atoms with Crippen molar-refractivity contribution in [1.29, 1.82) is 0 Å². The van der Waals surface area contributed by atoms with Gasteiger partial charge in [0.1, 0.15) is 0 Å². The van der Waals surface area contributed by atoms with Crippen LogP contribution in [0.15, 0.2) is 22.7 Å². The Bertz CT molecular complexity index is 415. The van der Waals surface area contributed by atoms with Gasteiger partial charge < -0.3 is 10.6 Å². The number of rotatable bonds is 3. The van der Waals surface area contributed by atoms with Gasteiger partial charge in [0, 0.05) is 29.3 Å². The molecule has 1 fully saturated rings. The van der Waals surface area contributed by atoms with Crippen LogP contribution in [0, 0.1) is 11.8 Å². The molecule has 1 aromatic rings. The second-order valence-corrected chi connectivity index (χ2v) is 6.65. The molecule has 0 radical (unpaired) electrons. The predicted octanol–water partition coefficient (Wildman–Crippen LogP) is 3.95. The number of hydrogen-bond acceptors (Lipinski definition) is 2. The van der Waals surface area contributed by atoms with Gasteiger partial charge in [0.15, 0.2) is 0 Å².